The zero-order valence-electron chi connectivity index (χ0n) is 15.5. The van der Waals surface area contributed by atoms with E-state index in [1.165, 1.54) is 23.3 Å². The number of sulfonamides is 1. The minimum absolute atomic E-state index is 0.0585. The highest BCUT2D eigenvalue weighted by molar-refractivity contribution is 7.90. The summed E-state index contributed by atoms with van der Waals surface area (Å²) in [6.07, 6.45) is 3.98. The predicted octanol–water partition coefficient (Wildman–Crippen LogP) is 4.41. The van der Waals surface area contributed by atoms with Gasteiger partial charge in [0, 0.05) is 5.69 Å². The zero-order chi connectivity index (χ0) is 19.2. The summed E-state index contributed by atoms with van der Waals surface area (Å²) in [5.74, 6) is 0. The van der Waals surface area contributed by atoms with Gasteiger partial charge in [-0.25, -0.2) is 17.9 Å². The van der Waals surface area contributed by atoms with Crippen LogP contribution in [-0.4, -0.2) is 14.4 Å². The molecule has 0 aliphatic carbocycles. The van der Waals surface area contributed by atoms with Crippen LogP contribution in [0.15, 0.2) is 47.4 Å². The van der Waals surface area contributed by atoms with Gasteiger partial charge < -0.3 is 5.32 Å². The molecule has 0 spiro atoms. The molecule has 140 valence electrons. The van der Waals surface area contributed by atoms with Gasteiger partial charge in [0.05, 0.1) is 4.90 Å². The smallest absolute Gasteiger partial charge is 0.307 e. The third-order valence-electron chi connectivity index (χ3n) is 4.06. The minimum Gasteiger partial charge on any atom is -0.307 e. The monoisotopic (exact) mass is 374 g/mol. The third kappa shape index (κ3) is 5.33. The van der Waals surface area contributed by atoms with Crippen molar-refractivity contribution in [3.63, 3.8) is 0 Å². The standard InChI is InChI=1S/C20H26N2O3S/c1-4-6-16-10-11-18(14-17(16)7-5-2)21-20(23)22-26(24,25)19-12-8-15(3)9-13-19/h8-14H,4-7H2,1-3H3,(H2,21,22,23). The second-order valence-corrected chi connectivity index (χ2v) is 8.04. The van der Waals surface area contributed by atoms with Crippen LogP contribution in [0.1, 0.15) is 43.4 Å². The van der Waals surface area contributed by atoms with E-state index >= 15 is 0 Å². The van der Waals surface area contributed by atoms with Crippen molar-refractivity contribution >= 4 is 21.7 Å². The second-order valence-electron chi connectivity index (χ2n) is 6.36. The van der Waals surface area contributed by atoms with Crippen molar-refractivity contribution < 1.29 is 13.2 Å². The van der Waals surface area contributed by atoms with E-state index < -0.39 is 16.1 Å². The average molecular weight is 375 g/mol. The molecule has 0 radical (unpaired) electrons. The summed E-state index contributed by atoms with van der Waals surface area (Å²) in [4.78, 5) is 12.2. The van der Waals surface area contributed by atoms with Crippen molar-refractivity contribution in [2.75, 3.05) is 5.32 Å². The number of aryl methyl sites for hydroxylation is 3. The molecule has 0 atom stereocenters. The van der Waals surface area contributed by atoms with E-state index in [9.17, 15) is 13.2 Å². The molecule has 0 saturated carbocycles. The molecule has 2 amide bonds. The highest BCUT2D eigenvalue weighted by Crippen LogP contribution is 2.19. The van der Waals surface area contributed by atoms with Gasteiger partial charge in [-0.1, -0.05) is 50.5 Å². The number of amides is 2. The first-order chi connectivity index (χ1) is 12.4. The van der Waals surface area contributed by atoms with E-state index in [0.29, 0.717) is 5.69 Å². The van der Waals surface area contributed by atoms with Crippen LogP contribution in [-0.2, 0) is 22.9 Å². The molecule has 0 unspecified atom stereocenters. The van der Waals surface area contributed by atoms with E-state index in [-0.39, 0.29) is 4.90 Å². The molecule has 0 bridgehead atoms. The third-order valence-corrected chi connectivity index (χ3v) is 5.41. The molecule has 2 aromatic rings. The van der Waals surface area contributed by atoms with Crippen LogP contribution < -0.4 is 10.0 Å². The number of benzene rings is 2. The Morgan fingerprint density at radius 3 is 2.15 bits per heavy atom. The lowest BCUT2D eigenvalue weighted by atomic mass is 9.99. The maximum absolute atomic E-state index is 12.3. The normalized spacial score (nSPS) is 11.2. The number of carbonyl (C=O) groups excluding carboxylic acids is 1. The lowest BCUT2D eigenvalue weighted by molar-refractivity contribution is 0.256. The predicted molar refractivity (Wildman–Crippen MR) is 105 cm³/mol. The first-order valence-corrected chi connectivity index (χ1v) is 10.4. The van der Waals surface area contributed by atoms with Gasteiger partial charge in [0.15, 0.2) is 0 Å². The quantitative estimate of drug-likeness (QED) is 0.754. The Bertz CT molecular complexity index is 859. The Hall–Kier alpha value is -2.34. The summed E-state index contributed by atoms with van der Waals surface area (Å²) in [7, 11) is -3.90. The summed E-state index contributed by atoms with van der Waals surface area (Å²) in [6, 6.07) is 11.3. The lowest BCUT2D eigenvalue weighted by Crippen LogP contribution is -2.34. The van der Waals surface area contributed by atoms with Gasteiger partial charge in [0.1, 0.15) is 0 Å². The number of hydrogen-bond acceptors (Lipinski definition) is 3. The van der Waals surface area contributed by atoms with Gasteiger partial charge in [-0.3, -0.25) is 0 Å². The molecule has 0 aliphatic heterocycles. The van der Waals surface area contributed by atoms with Crippen molar-refractivity contribution in [1.82, 2.24) is 4.72 Å². The van der Waals surface area contributed by atoms with Crippen LogP contribution in [0.2, 0.25) is 0 Å². The summed E-state index contributed by atoms with van der Waals surface area (Å²) in [6.45, 7) is 6.11. The Labute approximate surface area is 155 Å². The van der Waals surface area contributed by atoms with Gasteiger partial charge in [0.2, 0.25) is 0 Å². The molecule has 0 aromatic heterocycles. The SMILES string of the molecule is CCCc1ccc(NC(=O)NS(=O)(=O)c2ccc(C)cc2)cc1CCC. The Morgan fingerprint density at radius 2 is 1.54 bits per heavy atom. The molecule has 0 saturated heterocycles. The van der Waals surface area contributed by atoms with E-state index in [0.717, 1.165) is 31.2 Å². The van der Waals surface area contributed by atoms with Gasteiger partial charge in [0.25, 0.3) is 10.0 Å². The average Bonchev–Trinajstić information content (AvgIpc) is 2.57. The fourth-order valence-corrected chi connectivity index (χ4v) is 3.68. The van der Waals surface area contributed by atoms with Crippen molar-refractivity contribution in [1.29, 1.82) is 0 Å². The maximum Gasteiger partial charge on any atom is 0.333 e. The molecule has 6 heteroatoms. The number of rotatable bonds is 7. The summed E-state index contributed by atoms with van der Waals surface area (Å²) >= 11 is 0. The molecule has 0 aliphatic rings. The first kappa shape index (κ1) is 20.0. The van der Waals surface area contributed by atoms with Crippen LogP contribution in [0.5, 0.6) is 0 Å². The number of urea groups is 1. The van der Waals surface area contributed by atoms with Crippen molar-refractivity contribution in [2.24, 2.45) is 0 Å². The molecular formula is C20H26N2O3S. The van der Waals surface area contributed by atoms with Crippen LogP contribution in [0.3, 0.4) is 0 Å². The number of hydrogen-bond donors (Lipinski definition) is 2. The van der Waals surface area contributed by atoms with Gasteiger partial charge >= 0.3 is 6.03 Å². The second kappa shape index (κ2) is 8.85. The minimum atomic E-state index is -3.90. The van der Waals surface area contributed by atoms with E-state index in [1.54, 1.807) is 12.1 Å². The highest BCUT2D eigenvalue weighted by atomic mass is 32.2. The van der Waals surface area contributed by atoms with Crippen LogP contribution >= 0.6 is 0 Å². The summed E-state index contributed by atoms with van der Waals surface area (Å²) in [5, 5.41) is 2.62. The fraction of sp³-hybridized carbons (Fsp3) is 0.350. The van der Waals surface area contributed by atoms with E-state index in [1.807, 2.05) is 25.1 Å². The van der Waals surface area contributed by atoms with Gasteiger partial charge in [-0.2, -0.15) is 0 Å². The Kier molecular flexibility index (Phi) is 6.80. The Balaban J connectivity index is 2.11. The topological polar surface area (TPSA) is 75.3 Å². The van der Waals surface area contributed by atoms with E-state index in [4.69, 9.17) is 0 Å². The van der Waals surface area contributed by atoms with E-state index in [2.05, 4.69) is 23.9 Å². The van der Waals surface area contributed by atoms with Crippen LogP contribution in [0, 0.1) is 6.92 Å². The molecule has 0 fully saturated rings. The molecule has 2 rings (SSSR count). The molecule has 2 aromatic carbocycles. The first-order valence-electron chi connectivity index (χ1n) is 8.88. The number of nitrogens with one attached hydrogen (secondary N) is 2. The van der Waals surface area contributed by atoms with Crippen molar-refractivity contribution in [3.8, 4) is 0 Å². The van der Waals surface area contributed by atoms with Crippen molar-refractivity contribution in [3.05, 3.63) is 59.2 Å². The maximum atomic E-state index is 12.3. The van der Waals surface area contributed by atoms with Crippen molar-refractivity contribution in [2.45, 2.75) is 51.3 Å². The number of anilines is 1. The molecular weight excluding hydrogens is 348 g/mol. The van der Waals surface area contributed by atoms with Gasteiger partial charge in [-0.15, -0.1) is 0 Å². The molecule has 2 N–H and O–H groups in total. The van der Waals surface area contributed by atoms with Gasteiger partial charge in [-0.05, 0) is 55.2 Å². The van der Waals surface area contributed by atoms with Crippen LogP contribution in [0.25, 0.3) is 0 Å². The summed E-state index contributed by atoms with van der Waals surface area (Å²) < 4.78 is 26.6. The zero-order valence-corrected chi connectivity index (χ0v) is 16.3. The molecule has 5 nitrogen and oxygen atoms in total. The number of carbonyl (C=O) groups is 1. The highest BCUT2D eigenvalue weighted by Gasteiger charge is 2.17. The Morgan fingerprint density at radius 1 is 0.923 bits per heavy atom. The lowest BCUT2D eigenvalue weighted by Gasteiger charge is -2.13. The fourth-order valence-electron chi connectivity index (χ4n) is 2.77. The van der Waals surface area contributed by atoms with Crippen LogP contribution in [0.4, 0.5) is 10.5 Å². The molecule has 26 heavy (non-hydrogen) atoms. The largest absolute Gasteiger partial charge is 0.333 e. The molecule has 0 heterocycles. The summed E-state index contributed by atoms with van der Waals surface area (Å²) in [5.41, 5.74) is 4.00.